The maximum atomic E-state index is 12.4. The lowest BCUT2D eigenvalue weighted by molar-refractivity contribution is 0.581. The van der Waals surface area contributed by atoms with Gasteiger partial charge in [0.1, 0.15) is 0 Å². The van der Waals surface area contributed by atoms with E-state index in [9.17, 15) is 8.42 Å². The molecule has 1 N–H and O–H groups in total. The first kappa shape index (κ1) is 17.8. The number of aryl methyl sites for hydroxylation is 1. The maximum Gasteiger partial charge on any atom is 0.240 e. The second-order valence-electron chi connectivity index (χ2n) is 5.76. The normalized spacial score (nSPS) is 11.6. The number of nitrogens with one attached hydrogen (secondary N) is 1. The van der Waals surface area contributed by atoms with Crippen molar-refractivity contribution in [1.29, 1.82) is 0 Å². The van der Waals surface area contributed by atoms with Gasteiger partial charge in [0.2, 0.25) is 10.0 Å². The summed E-state index contributed by atoms with van der Waals surface area (Å²) < 4.78 is 30.2. The Morgan fingerprint density at radius 3 is 2.48 bits per heavy atom. The van der Waals surface area contributed by atoms with E-state index in [0.717, 1.165) is 21.2 Å². The van der Waals surface area contributed by atoms with E-state index in [-0.39, 0.29) is 11.4 Å². The molecule has 5 nitrogen and oxygen atoms in total. The molecule has 3 aromatic rings. The first-order chi connectivity index (χ1) is 11.9. The molecule has 0 bridgehead atoms. The molecule has 2 aromatic carbocycles. The van der Waals surface area contributed by atoms with Crippen molar-refractivity contribution in [1.82, 2.24) is 14.5 Å². The molecule has 1 aromatic heterocycles. The van der Waals surface area contributed by atoms with Gasteiger partial charge in [0, 0.05) is 23.4 Å². The fourth-order valence-corrected chi connectivity index (χ4v) is 3.74. The molecule has 1 heterocycles. The van der Waals surface area contributed by atoms with Crippen LogP contribution in [0.3, 0.4) is 0 Å². The number of benzene rings is 2. The van der Waals surface area contributed by atoms with Gasteiger partial charge in [0.05, 0.1) is 11.4 Å². The largest absolute Gasteiger partial charge is 0.268 e. The third-order valence-electron chi connectivity index (χ3n) is 3.83. The molecule has 0 aliphatic carbocycles. The number of sulfonamides is 1. The lowest BCUT2D eigenvalue weighted by Crippen LogP contribution is -2.23. The molecule has 0 fully saturated rings. The fraction of sp³-hybridized carbons (Fsp3) is 0.167. The van der Waals surface area contributed by atoms with Gasteiger partial charge in [-0.1, -0.05) is 40.2 Å². The van der Waals surface area contributed by atoms with Gasteiger partial charge in [-0.25, -0.2) is 13.1 Å². The molecular weight excluding hydrogens is 402 g/mol. The second-order valence-corrected chi connectivity index (χ2v) is 8.38. The molecular formula is C18H18BrN3O2S. The highest BCUT2D eigenvalue weighted by atomic mass is 79.9. The van der Waals surface area contributed by atoms with Gasteiger partial charge in [-0.2, -0.15) is 5.10 Å². The molecule has 0 atom stereocenters. The summed E-state index contributed by atoms with van der Waals surface area (Å²) in [6.07, 6.45) is 3.65. The van der Waals surface area contributed by atoms with E-state index in [0.29, 0.717) is 6.54 Å². The van der Waals surface area contributed by atoms with E-state index in [1.165, 1.54) is 0 Å². The van der Waals surface area contributed by atoms with Crippen LogP contribution in [0.5, 0.6) is 0 Å². The van der Waals surface area contributed by atoms with Crippen LogP contribution in [0.15, 0.2) is 70.3 Å². The number of aromatic nitrogens is 2. The summed E-state index contributed by atoms with van der Waals surface area (Å²) >= 11 is 3.38. The predicted molar refractivity (Wildman–Crippen MR) is 101 cm³/mol. The first-order valence-electron chi connectivity index (χ1n) is 7.75. The van der Waals surface area contributed by atoms with Crippen molar-refractivity contribution < 1.29 is 8.42 Å². The summed E-state index contributed by atoms with van der Waals surface area (Å²) in [5.41, 5.74) is 2.89. The van der Waals surface area contributed by atoms with Crippen molar-refractivity contribution in [2.75, 3.05) is 0 Å². The van der Waals surface area contributed by atoms with Crippen molar-refractivity contribution in [2.24, 2.45) is 0 Å². The Hall–Kier alpha value is -1.96. The number of rotatable bonds is 6. The lowest BCUT2D eigenvalue weighted by Gasteiger charge is -2.09. The number of nitrogens with zero attached hydrogens (tertiary/aromatic N) is 2. The quantitative estimate of drug-likeness (QED) is 0.664. The molecule has 0 saturated heterocycles. The minimum absolute atomic E-state index is 0.249. The van der Waals surface area contributed by atoms with E-state index in [1.54, 1.807) is 24.4 Å². The Balaban J connectivity index is 1.65. The van der Waals surface area contributed by atoms with Crippen LogP contribution in [0.25, 0.3) is 0 Å². The second kappa shape index (κ2) is 7.51. The van der Waals surface area contributed by atoms with Crippen LogP contribution < -0.4 is 4.72 Å². The number of halogens is 1. The molecule has 0 aliphatic heterocycles. The zero-order chi connectivity index (χ0) is 17.9. The standard InChI is InChI=1S/C18H18BrN3O2S/c1-14-11-17(7-8-18(14)19)25(23,24)21-12-15-3-5-16(6-4-15)13-22-10-2-9-20-22/h2-11,21H,12-13H2,1H3. The molecule has 0 spiro atoms. The summed E-state index contributed by atoms with van der Waals surface area (Å²) in [6, 6.07) is 14.7. The zero-order valence-corrected chi connectivity index (χ0v) is 16.1. The Bertz CT molecular complexity index is 952. The maximum absolute atomic E-state index is 12.4. The first-order valence-corrected chi connectivity index (χ1v) is 10.0. The van der Waals surface area contributed by atoms with Crippen molar-refractivity contribution in [2.45, 2.75) is 24.9 Å². The van der Waals surface area contributed by atoms with E-state index >= 15 is 0 Å². The lowest BCUT2D eigenvalue weighted by atomic mass is 10.1. The Morgan fingerprint density at radius 2 is 1.84 bits per heavy atom. The third kappa shape index (κ3) is 4.56. The van der Waals surface area contributed by atoms with Gasteiger partial charge in [-0.3, -0.25) is 4.68 Å². The summed E-state index contributed by atoms with van der Waals surface area (Å²) in [7, 11) is -3.53. The molecule has 130 valence electrons. The van der Waals surface area contributed by atoms with Crippen LogP contribution in [0.2, 0.25) is 0 Å². The molecule has 0 saturated carbocycles. The average Bonchev–Trinajstić information content (AvgIpc) is 3.10. The average molecular weight is 420 g/mol. The molecule has 0 unspecified atom stereocenters. The smallest absolute Gasteiger partial charge is 0.240 e. The van der Waals surface area contributed by atoms with Crippen LogP contribution in [0.4, 0.5) is 0 Å². The highest BCUT2D eigenvalue weighted by Gasteiger charge is 2.14. The van der Waals surface area contributed by atoms with Crippen LogP contribution >= 0.6 is 15.9 Å². The Kier molecular flexibility index (Phi) is 5.36. The SMILES string of the molecule is Cc1cc(S(=O)(=O)NCc2ccc(Cn3cccn3)cc2)ccc1Br. The minimum atomic E-state index is -3.53. The summed E-state index contributed by atoms with van der Waals surface area (Å²) in [6.45, 7) is 2.80. The van der Waals surface area contributed by atoms with Crippen LogP contribution in [0, 0.1) is 6.92 Å². The van der Waals surface area contributed by atoms with Gasteiger partial charge in [-0.05, 0) is 47.9 Å². The monoisotopic (exact) mass is 419 g/mol. The van der Waals surface area contributed by atoms with E-state index < -0.39 is 10.0 Å². The zero-order valence-electron chi connectivity index (χ0n) is 13.7. The Morgan fingerprint density at radius 1 is 1.12 bits per heavy atom. The molecule has 0 radical (unpaired) electrons. The van der Waals surface area contributed by atoms with E-state index in [1.807, 2.05) is 48.1 Å². The van der Waals surface area contributed by atoms with Crippen molar-refractivity contribution in [3.05, 3.63) is 82.1 Å². The van der Waals surface area contributed by atoms with Gasteiger partial charge in [0.25, 0.3) is 0 Å². The summed E-state index contributed by atoms with van der Waals surface area (Å²) in [4.78, 5) is 0.267. The van der Waals surface area contributed by atoms with Gasteiger partial charge < -0.3 is 0 Å². The van der Waals surface area contributed by atoms with Gasteiger partial charge in [-0.15, -0.1) is 0 Å². The summed E-state index contributed by atoms with van der Waals surface area (Å²) in [5, 5.41) is 4.17. The molecule has 3 rings (SSSR count). The predicted octanol–water partition coefficient (Wildman–Crippen LogP) is 3.48. The van der Waals surface area contributed by atoms with E-state index in [4.69, 9.17) is 0 Å². The number of hydrogen-bond donors (Lipinski definition) is 1. The molecule has 0 aliphatic rings. The third-order valence-corrected chi connectivity index (χ3v) is 6.12. The van der Waals surface area contributed by atoms with Gasteiger partial charge in [0.15, 0.2) is 0 Å². The molecule has 7 heteroatoms. The fourth-order valence-electron chi connectivity index (χ4n) is 2.39. The minimum Gasteiger partial charge on any atom is -0.268 e. The van der Waals surface area contributed by atoms with Crippen molar-refractivity contribution in [3.63, 3.8) is 0 Å². The Labute approximate surface area is 155 Å². The number of hydrogen-bond acceptors (Lipinski definition) is 3. The van der Waals surface area contributed by atoms with Crippen LogP contribution in [-0.2, 0) is 23.1 Å². The molecule has 0 amide bonds. The van der Waals surface area contributed by atoms with Crippen molar-refractivity contribution in [3.8, 4) is 0 Å². The highest BCUT2D eigenvalue weighted by Crippen LogP contribution is 2.20. The topological polar surface area (TPSA) is 64.0 Å². The van der Waals surface area contributed by atoms with Gasteiger partial charge >= 0.3 is 0 Å². The van der Waals surface area contributed by atoms with Crippen LogP contribution in [-0.4, -0.2) is 18.2 Å². The molecule has 25 heavy (non-hydrogen) atoms. The summed E-state index contributed by atoms with van der Waals surface area (Å²) in [5.74, 6) is 0. The van der Waals surface area contributed by atoms with Crippen molar-refractivity contribution >= 4 is 26.0 Å². The van der Waals surface area contributed by atoms with Crippen LogP contribution in [0.1, 0.15) is 16.7 Å². The van der Waals surface area contributed by atoms with E-state index in [2.05, 4.69) is 25.8 Å². The highest BCUT2D eigenvalue weighted by molar-refractivity contribution is 9.10.